The maximum atomic E-state index is 10.9. The molecule has 0 bridgehead atoms. The lowest BCUT2D eigenvalue weighted by Crippen LogP contribution is -2.45. The van der Waals surface area contributed by atoms with Crippen LogP contribution >= 0.6 is 0 Å². The van der Waals surface area contributed by atoms with Crippen molar-refractivity contribution < 1.29 is 9.90 Å². The Labute approximate surface area is 127 Å². The molecule has 1 fully saturated rings. The highest BCUT2D eigenvalue weighted by atomic mass is 16.4. The average Bonchev–Trinajstić information content (AvgIpc) is 2.43. The van der Waals surface area contributed by atoms with Crippen molar-refractivity contribution >= 4 is 5.97 Å². The molecule has 1 aliphatic rings. The van der Waals surface area contributed by atoms with Crippen molar-refractivity contribution in [1.29, 1.82) is 0 Å². The van der Waals surface area contributed by atoms with Crippen LogP contribution in [-0.4, -0.2) is 23.2 Å². The number of carboxylic acids is 1. The summed E-state index contributed by atoms with van der Waals surface area (Å²) in [6, 6.07) is 11.2. The summed E-state index contributed by atoms with van der Waals surface area (Å²) < 4.78 is 0. The second kappa shape index (κ2) is 8.18. The molecule has 21 heavy (non-hydrogen) atoms. The van der Waals surface area contributed by atoms with E-state index in [1.165, 1.54) is 24.8 Å². The van der Waals surface area contributed by atoms with Crippen LogP contribution in [0.15, 0.2) is 30.3 Å². The van der Waals surface area contributed by atoms with Gasteiger partial charge in [-0.15, -0.1) is 0 Å². The highest BCUT2D eigenvalue weighted by molar-refractivity contribution is 5.66. The quantitative estimate of drug-likeness (QED) is 0.730. The van der Waals surface area contributed by atoms with Crippen molar-refractivity contribution in [2.75, 3.05) is 0 Å². The summed E-state index contributed by atoms with van der Waals surface area (Å²) in [5.74, 6) is 0.0876. The molecule has 3 nitrogen and oxygen atoms in total. The third-order valence-corrected chi connectivity index (χ3v) is 4.64. The van der Waals surface area contributed by atoms with Crippen molar-refractivity contribution in [3.8, 4) is 0 Å². The van der Waals surface area contributed by atoms with Gasteiger partial charge in [-0.25, -0.2) is 0 Å². The minimum Gasteiger partial charge on any atom is -0.481 e. The summed E-state index contributed by atoms with van der Waals surface area (Å²) in [4.78, 5) is 10.9. The summed E-state index contributed by atoms with van der Waals surface area (Å²) in [5.41, 5.74) is 1.28. The molecule has 2 unspecified atom stereocenters. The van der Waals surface area contributed by atoms with Crippen molar-refractivity contribution in [2.24, 2.45) is 5.92 Å². The molecule has 2 N–H and O–H groups in total. The van der Waals surface area contributed by atoms with Crippen molar-refractivity contribution in [3.63, 3.8) is 0 Å². The van der Waals surface area contributed by atoms with E-state index in [0.717, 1.165) is 18.8 Å². The molecule has 3 heteroatoms. The zero-order valence-corrected chi connectivity index (χ0v) is 12.9. The molecule has 116 valence electrons. The molecule has 2 rings (SSSR count). The van der Waals surface area contributed by atoms with Crippen LogP contribution in [-0.2, 0) is 11.2 Å². The summed E-state index contributed by atoms with van der Waals surface area (Å²) in [6.45, 7) is 2.23. The van der Waals surface area contributed by atoms with Crippen LogP contribution < -0.4 is 5.32 Å². The smallest absolute Gasteiger partial charge is 0.303 e. The van der Waals surface area contributed by atoms with Gasteiger partial charge in [0.25, 0.3) is 0 Å². The van der Waals surface area contributed by atoms with Gasteiger partial charge in [-0.3, -0.25) is 4.79 Å². The van der Waals surface area contributed by atoms with Crippen LogP contribution in [0.1, 0.15) is 51.0 Å². The summed E-state index contributed by atoms with van der Waals surface area (Å²) >= 11 is 0. The Morgan fingerprint density at radius 1 is 1.33 bits per heavy atom. The topological polar surface area (TPSA) is 49.3 Å². The molecule has 1 saturated carbocycles. The number of hydrogen-bond donors (Lipinski definition) is 2. The fourth-order valence-electron chi connectivity index (χ4n) is 3.17. The Balaban J connectivity index is 1.94. The first-order valence-corrected chi connectivity index (χ1v) is 8.20. The standard InChI is InChI=1S/C18H27NO2/c1-2-17(15-9-6-10-15)19-16(11-12-18(20)21)13-14-7-4-3-5-8-14/h3-5,7-8,15-17,19H,2,6,9-13H2,1H3,(H,20,21). The van der Waals surface area contributed by atoms with Crippen LogP contribution in [0, 0.1) is 5.92 Å². The van der Waals surface area contributed by atoms with Gasteiger partial charge in [0.05, 0.1) is 0 Å². The number of aliphatic carboxylic acids is 1. The van der Waals surface area contributed by atoms with Gasteiger partial charge in [-0.05, 0) is 43.6 Å². The highest BCUT2D eigenvalue weighted by Crippen LogP contribution is 2.31. The van der Waals surface area contributed by atoms with Crippen molar-refractivity contribution in [2.45, 2.75) is 64.0 Å². The van der Waals surface area contributed by atoms with E-state index in [4.69, 9.17) is 5.11 Å². The van der Waals surface area contributed by atoms with Crippen LogP contribution in [0.25, 0.3) is 0 Å². The number of carbonyl (C=O) groups is 1. The van der Waals surface area contributed by atoms with Gasteiger partial charge in [0.2, 0.25) is 0 Å². The predicted molar refractivity (Wildman–Crippen MR) is 85.4 cm³/mol. The second-order valence-electron chi connectivity index (χ2n) is 6.19. The van der Waals surface area contributed by atoms with Crippen molar-refractivity contribution in [3.05, 3.63) is 35.9 Å². The Morgan fingerprint density at radius 2 is 2.05 bits per heavy atom. The van der Waals surface area contributed by atoms with Gasteiger partial charge in [-0.2, -0.15) is 0 Å². The monoisotopic (exact) mass is 289 g/mol. The molecule has 0 radical (unpaired) electrons. The molecule has 0 aliphatic heterocycles. The molecule has 0 saturated heterocycles. The minimum absolute atomic E-state index is 0.242. The molecule has 0 spiro atoms. The Bertz CT molecular complexity index is 428. The molecule has 2 atom stereocenters. The van der Waals surface area contributed by atoms with Crippen LogP contribution in [0.4, 0.5) is 0 Å². The van der Waals surface area contributed by atoms with Crippen molar-refractivity contribution in [1.82, 2.24) is 5.32 Å². The Morgan fingerprint density at radius 3 is 2.57 bits per heavy atom. The largest absolute Gasteiger partial charge is 0.481 e. The van der Waals surface area contributed by atoms with Gasteiger partial charge >= 0.3 is 5.97 Å². The van der Waals surface area contributed by atoms with E-state index in [1.807, 2.05) is 18.2 Å². The second-order valence-corrected chi connectivity index (χ2v) is 6.19. The highest BCUT2D eigenvalue weighted by Gasteiger charge is 2.27. The van der Waals surface area contributed by atoms with E-state index < -0.39 is 5.97 Å². The van der Waals surface area contributed by atoms with E-state index in [9.17, 15) is 4.79 Å². The van der Waals surface area contributed by atoms with E-state index in [0.29, 0.717) is 12.5 Å². The van der Waals surface area contributed by atoms with Crippen LogP contribution in [0.2, 0.25) is 0 Å². The number of rotatable bonds is 9. The maximum Gasteiger partial charge on any atom is 0.303 e. The molecule has 0 aromatic heterocycles. The third kappa shape index (κ3) is 5.16. The zero-order valence-electron chi connectivity index (χ0n) is 12.9. The number of hydrogen-bond acceptors (Lipinski definition) is 2. The van der Waals surface area contributed by atoms with E-state index in [1.54, 1.807) is 0 Å². The zero-order chi connectivity index (χ0) is 15.1. The summed E-state index contributed by atoms with van der Waals surface area (Å²) in [7, 11) is 0. The first kappa shape index (κ1) is 16.0. The van der Waals surface area contributed by atoms with Gasteiger partial charge in [0.1, 0.15) is 0 Å². The Kier molecular flexibility index (Phi) is 6.24. The van der Waals surface area contributed by atoms with Gasteiger partial charge in [0, 0.05) is 18.5 Å². The fourth-order valence-corrected chi connectivity index (χ4v) is 3.17. The summed E-state index contributed by atoms with van der Waals surface area (Å²) in [6.07, 6.45) is 6.98. The lowest BCUT2D eigenvalue weighted by Gasteiger charge is -2.36. The predicted octanol–water partition coefficient (Wildman–Crippen LogP) is 3.63. The normalized spacial score (nSPS) is 18.0. The minimum atomic E-state index is -0.702. The molecule has 1 aliphatic carbocycles. The lowest BCUT2D eigenvalue weighted by molar-refractivity contribution is -0.137. The molecular weight excluding hydrogens is 262 g/mol. The number of carboxylic acid groups (broad SMARTS) is 1. The number of nitrogens with one attached hydrogen (secondary N) is 1. The lowest BCUT2D eigenvalue weighted by atomic mass is 9.78. The molecule has 0 amide bonds. The first-order valence-electron chi connectivity index (χ1n) is 8.20. The first-order chi connectivity index (χ1) is 10.2. The van der Waals surface area contributed by atoms with Gasteiger partial charge < -0.3 is 10.4 Å². The van der Waals surface area contributed by atoms with Gasteiger partial charge in [0.15, 0.2) is 0 Å². The fraction of sp³-hybridized carbons (Fsp3) is 0.611. The van der Waals surface area contributed by atoms with Crippen LogP contribution in [0.5, 0.6) is 0 Å². The third-order valence-electron chi connectivity index (χ3n) is 4.64. The SMILES string of the molecule is CCC(NC(CCC(=O)O)Cc1ccccc1)C1CCC1. The molecule has 0 heterocycles. The van der Waals surface area contributed by atoms with E-state index >= 15 is 0 Å². The average molecular weight is 289 g/mol. The van der Waals surface area contributed by atoms with E-state index in [2.05, 4.69) is 24.4 Å². The Hall–Kier alpha value is -1.35. The molecule has 1 aromatic carbocycles. The molecule has 1 aromatic rings. The van der Waals surface area contributed by atoms with Gasteiger partial charge in [-0.1, -0.05) is 43.7 Å². The number of benzene rings is 1. The van der Waals surface area contributed by atoms with E-state index in [-0.39, 0.29) is 12.5 Å². The summed E-state index contributed by atoms with van der Waals surface area (Å²) in [5, 5.41) is 12.7. The van der Waals surface area contributed by atoms with Crippen LogP contribution in [0.3, 0.4) is 0 Å². The molecular formula is C18H27NO2. The maximum absolute atomic E-state index is 10.9.